The Balaban J connectivity index is 1.68. The summed E-state index contributed by atoms with van der Waals surface area (Å²) in [6, 6.07) is 4.36. The molecule has 0 unspecified atom stereocenters. The van der Waals surface area contributed by atoms with Crippen LogP contribution in [-0.2, 0) is 6.61 Å². The minimum Gasteiger partial charge on any atom is -0.486 e. The number of hydrogen-bond donors (Lipinski definition) is 1. The minimum atomic E-state index is 0.112. The van der Waals surface area contributed by atoms with Crippen LogP contribution in [-0.4, -0.2) is 29.2 Å². The van der Waals surface area contributed by atoms with Gasteiger partial charge in [-0.25, -0.2) is 4.98 Å². The fourth-order valence-electron chi connectivity index (χ4n) is 4.75. The molecule has 1 fully saturated rings. The Morgan fingerprint density at radius 3 is 2.56 bits per heavy atom. The van der Waals surface area contributed by atoms with Gasteiger partial charge >= 0.3 is 0 Å². The standard InChI is InChI=1S/C21H28ClN3OS/c1-12-7-13(22)8-16-17(12)18-15(11-26-16)23-19(27-18)25(6)14-9-20(2,3)24-21(4,5)10-14/h7-8,14,24H,9-11H2,1-6H3. The van der Waals surface area contributed by atoms with E-state index < -0.39 is 0 Å². The Morgan fingerprint density at radius 2 is 1.89 bits per heavy atom. The average molecular weight is 406 g/mol. The van der Waals surface area contributed by atoms with Gasteiger partial charge in [-0.15, -0.1) is 0 Å². The van der Waals surface area contributed by atoms with Gasteiger partial charge in [-0.3, -0.25) is 0 Å². The highest BCUT2D eigenvalue weighted by molar-refractivity contribution is 7.19. The molecular weight excluding hydrogens is 378 g/mol. The highest BCUT2D eigenvalue weighted by Gasteiger charge is 2.40. The molecule has 0 spiro atoms. The van der Waals surface area contributed by atoms with E-state index in [1.807, 2.05) is 12.1 Å². The molecule has 4 rings (SSSR count). The zero-order valence-electron chi connectivity index (χ0n) is 16.9. The number of nitrogens with zero attached hydrogens (tertiary/aromatic N) is 2. The number of anilines is 1. The van der Waals surface area contributed by atoms with Crippen LogP contribution in [0.1, 0.15) is 51.8 Å². The number of aromatic nitrogens is 1. The molecule has 0 bridgehead atoms. The first-order valence-corrected chi connectivity index (χ1v) is 10.7. The number of halogens is 1. The van der Waals surface area contributed by atoms with Gasteiger partial charge in [0.15, 0.2) is 5.13 Å². The van der Waals surface area contributed by atoms with Crippen LogP contribution >= 0.6 is 22.9 Å². The molecular formula is C21H28ClN3OS. The fourth-order valence-corrected chi connectivity index (χ4v) is 6.23. The first-order valence-electron chi connectivity index (χ1n) is 9.50. The van der Waals surface area contributed by atoms with E-state index in [-0.39, 0.29) is 11.1 Å². The smallest absolute Gasteiger partial charge is 0.186 e. The van der Waals surface area contributed by atoms with Crippen LogP contribution in [0.15, 0.2) is 12.1 Å². The van der Waals surface area contributed by atoms with E-state index in [1.165, 1.54) is 4.88 Å². The molecule has 2 aliphatic rings. The topological polar surface area (TPSA) is 37.4 Å². The summed E-state index contributed by atoms with van der Waals surface area (Å²) in [4.78, 5) is 8.55. The van der Waals surface area contributed by atoms with E-state index in [9.17, 15) is 0 Å². The molecule has 1 aromatic heterocycles. The minimum absolute atomic E-state index is 0.112. The lowest BCUT2D eigenvalue weighted by Gasteiger charge is -2.48. The van der Waals surface area contributed by atoms with Gasteiger partial charge < -0.3 is 15.0 Å². The van der Waals surface area contributed by atoms with E-state index in [0.717, 1.165) is 45.6 Å². The van der Waals surface area contributed by atoms with Crippen LogP contribution in [0.3, 0.4) is 0 Å². The van der Waals surface area contributed by atoms with E-state index in [1.54, 1.807) is 11.3 Å². The monoisotopic (exact) mass is 405 g/mol. The molecule has 4 nitrogen and oxygen atoms in total. The number of benzene rings is 1. The largest absolute Gasteiger partial charge is 0.486 e. The zero-order valence-corrected chi connectivity index (χ0v) is 18.5. The van der Waals surface area contributed by atoms with Crippen molar-refractivity contribution in [3.05, 3.63) is 28.4 Å². The summed E-state index contributed by atoms with van der Waals surface area (Å²) in [5.41, 5.74) is 3.54. The molecule has 146 valence electrons. The van der Waals surface area contributed by atoms with Gasteiger partial charge in [0.1, 0.15) is 12.4 Å². The number of nitrogens with one attached hydrogen (secondary N) is 1. The zero-order chi connectivity index (χ0) is 19.6. The summed E-state index contributed by atoms with van der Waals surface area (Å²) in [6.45, 7) is 11.8. The van der Waals surface area contributed by atoms with Crippen LogP contribution in [0.2, 0.25) is 5.02 Å². The van der Waals surface area contributed by atoms with Gasteiger partial charge in [0, 0.05) is 34.8 Å². The third-order valence-electron chi connectivity index (χ3n) is 5.56. The van der Waals surface area contributed by atoms with E-state index >= 15 is 0 Å². The molecule has 0 atom stereocenters. The molecule has 0 amide bonds. The third kappa shape index (κ3) is 3.57. The summed E-state index contributed by atoms with van der Waals surface area (Å²) in [6.07, 6.45) is 2.19. The van der Waals surface area contributed by atoms with Gasteiger partial charge in [0.25, 0.3) is 0 Å². The predicted octanol–water partition coefficient (Wildman–Crippen LogP) is 5.41. The van der Waals surface area contributed by atoms with Crippen LogP contribution in [0, 0.1) is 6.92 Å². The van der Waals surface area contributed by atoms with Crippen LogP contribution in [0.4, 0.5) is 5.13 Å². The summed E-state index contributed by atoms with van der Waals surface area (Å²) < 4.78 is 5.95. The summed E-state index contributed by atoms with van der Waals surface area (Å²) in [5.74, 6) is 0.870. The summed E-state index contributed by atoms with van der Waals surface area (Å²) in [5, 5.41) is 5.56. The number of fused-ring (bicyclic) bond motifs is 3. The highest BCUT2D eigenvalue weighted by Crippen LogP contribution is 2.46. The molecule has 2 aromatic rings. The number of rotatable bonds is 2. The number of ether oxygens (including phenoxy) is 1. The fraction of sp³-hybridized carbons (Fsp3) is 0.571. The number of hydrogen-bond acceptors (Lipinski definition) is 5. The van der Waals surface area contributed by atoms with Gasteiger partial charge in [-0.1, -0.05) is 22.9 Å². The maximum Gasteiger partial charge on any atom is 0.186 e. The van der Waals surface area contributed by atoms with Crippen molar-refractivity contribution in [2.45, 2.75) is 71.2 Å². The van der Waals surface area contributed by atoms with Crippen molar-refractivity contribution < 1.29 is 4.74 Å². The molecule has 1 aromatic carbocycles. The molecule has 6 heteroatoms. The molecule has 0 radical (unpaired) electrons. The number of thiazole rings is 1. The lowest BCUT2D eigenvalue weighted by atomic mass is 9.79. The average Bonchev–Trinajstić information content (AvgIpc) is 2.94. The van der Waals surface area contributed by atoms with Crippen molar-refractivity contribution >= 4 is 28.1 Å². The first kappa shape index (κ1) is 19.0. The third-order valence-corrected chi connectivity index (χ3v) is 6.98. The Kier molecular flexibility index (Phi) is 4.48. The molecule has 3 heterocycles. The van der Waals surface area contributed by atoms with Crippen molar-refractivity contribution in [2.75, 3.05) is 11.9 Å². The number of piperidine rings is 1. The summed E-state index contributed by atoms with van der Waals surface area (Å²) in [7, 11) is 2.18. The Hall–Kier alpha value is -1.30. The Bertz CT molecular complexity index is 874. The second-order valence-electron chi connectivity index (χ2n) is 9.22. The van der Waals surface area contributed by atoms with E-state index in [4.69, 9.17) is 21.3 Å². The maximum absolute atomic E-state index is 6.21. The SMILES string of the molecule is Cc1cc(Cl)cc2c1-c1sc(N(C)C3CC(C)(C)NC(C)(C)C3)nc1CO2. The first-order chi connectivity index (χ1) is 12.5. The normalized spacial score (nSPS) is 20.6. The lowest BCUT2D eigenvalue weighted by Crippen LogP contribution is -2.61. The predicted molar refractivity (Wildman–Crippen MR) is 114 cm³/mol. The molecule has 2 aliphatic heterocycles. The van der Waals surface area contributed by atoms with E-state index in [2.05, 4.69) is 51.9 Å². The van der Waals surface area contributed by atoms with Crippen LogP contribution < -0.4 is 15.0 Å². The van der Waals surface area contributed by atoms with Crippen molar-refractivity contribution in [3.8, 4) is 16.2 Å². The maximum atomic E-state index is 6.21. The second-order valence-corrected chi connectivity index (χ2v) is 10.6. The highest BCUT2D eigenvalue weighted by atomic mass is 35.5. The van der Waals surface area contributed by atoms with Crippen LogP contribution in [0.5, 0.6) is 5.75 Å². The van der Waals surface area contributed by atoms with Crippen molar-refractivity contribution in [3.63, 3.8) is 0 Å². The summed E-state index contributed by atoms with van der Waals surface area (Å²) >= 11 is 7.98. The van der Waals surface area contributed by atoms with Crippen molar-refractivity contribution in [1.82, 2.24) is 10.3 Å². The lowest BCUT2D eigenvalue weighted by molar-refractivity contribution is 0.161. The van der Waals surface area contributed by atoms with Crippen LogP contribution in [0.25, 0.3) is 10.4 Å². The molecule has 1 N–H and O–H groups in total. The van der Waals surface area contributed by atoms with Gasteiger partial charge in [0.2, 0.25) is 0 Å². The molecule has 1 saturated heterocycles. The van der Waals surface area contributed by atoms with Gasteiger partial charge in [-0.05, 0) is 65.2 Å². The van der Waals surface area contributed by atoms with Crippen molar-refractivity contribution in [1.29, 1.82) is 0 Å². The molecule has 27 heavy (non-hydrogen) atoms. The Labute approximate surface area is 170 Å². The van der Waals surface area contributed by atoms with Gasteiger partial charge in [-0.2, -0.15) is 0 Å². The molecule has 0 aliphatic carbocycles. The second kappa shape index (κ2) is 6.36. The van der Waals surface area contributed by atoms with Crippen molar-refractivity contribution in [2.24, 2.45) is 0 Å². The van der Waals surface area contributed by atoms with E-state index in [0.29, 0.717) is 12.6 Å². The Morgan fingerprint density at radius 1 is 1.22 bits per heavy atom. The van der Waals surface area contributed by atoms with Gasteiger partial charge in [0.05, 0.1) is 10.6 Å². The number of aryl methyl sites for hydroxylation is 1. The quantitative estimate of drug-likeness (QED) is 0.724. The molecule has 0 saturated carbocycles.